The summed E-state index contributed by atoms with van der Waals surface area (Å²) in [5, 5.41) is 9.34. The summed E-state index contributed by atoms with van der Waals surface area (Å²) >= 11 is 0. The Bertz CT molecular complexity index is 783. The molecule has 0 saturated heterocycles. The summed E-state index contributed by atoms with van der Waals surface area (Å²) in [5.41, 5.74) is 2.21. The first-order valence-electron chi connectivity index (χ1n) is 8.36. The van der Waals surface area contributed by atoms with Crippen molar-refractivity contribution < 1.29 is 14.4 Å². The van der Waals surface area contributed by atoms with E-state index in [9.17, 15) is 9.59 Å². The molecule has 6 heteroatoms. The lowest BCUT2D eigenvalue weighted by atomic mass is 10.1. The van der Waals surface area contributed by atoms with Crippen LogP contribution in [-0.2, 0) is 4.84 Å². The van der Waals surface area contributed by atoms with Crippen molar-refractivity contribution in [2.24, 2.45) is 11.1 Å². The van der Waals surface area contributed by atoms with Crippen LogP contribution in [0.15, 0.2) is 53.7 Å². The molecule has 2 N–H and O–H groups in total. The molecule has 0 aliphatic rings. The first-order valence-corrected chi connectivity index (χ1v) is 8.36. The lowest BCUT2D eigenvalue weighted by molar-refractivity contribution is 0.0950. The second-order valence-electron chi connectivity index (χ2n) is 6.14. The first-order chi connectivity index (χ1) is 12.5. The Morgan fingerprint density at radius 3 is 2.42 bits per heavy atom. The fourth-order valence-corrected chi connectivity index (χ4v) is 2.21. The predicted octanol–water partition coefficient (Wildman–Crippen LogP) is 3.31. The number of hydrogen-bond donors (Lipinski definition) is 2. The van der Waals surface area contributed by atoms with Crippen LogP contribution in [0, 0.1) is 5.92 Å². The Hall–Kier alpha value is -3.15. The van der Waals surface area contributed by atoms with E-state index >= 15 is 0 Å². The van der Waals surface area contributed by atoms with E-state index < -0.39 is 0 Å². The van der Waals surface area contributed by atoms with Crippen LogP contribution in [-0.4, -0.2) is 31.7 Å². The molecule has 2 rings (SSSR count). The van der Waals surface area contributed by atoms with Gasteiger partial charge in [-0.2, -0.15) is 0 Å². The van der Waals surface area contributed by atoms with Crippen molar-refractivity contribution in [2.75, 3.05) is 19.0 Å². The maximum Gasteiger partial charge on any atom is 0.255 e. The number of amides is 2. The highest BCUT2D eigenvalue weighted by molar-refractivity contribution is 6.09. The van der Waals surface area contributed by atoms with Gasteiger partial charge in [0, 0.05) is 12.1 Å². The Balaban J connectivity index is 2.11. The van der Waals surface area contributed by atoms with Gasteiger partial charge >= 0.3 is 0 Å². The van der Waals surface area contributed by atoms with Crippen LogP contribution >= 0.6 is 0 Å². The van der Waals surface area contributed by atoms with Gasteiger partial charge in [-0.3, -0.25) is 9.59 Å². The van der Waals surface area contributed by atoms with Crippen molar-refractivity contribution in [3.8, 4) is 0 Å². The van der Waals surface area contributed by atoms with Gasteiger partial charge in [-0.05, 0) is 35.7 Å². The summed E-state index contributed by atoms with van der Waals surface area (Å²) in [6.07, 6.45) is 1.55. The molecule has 2 amide bonds. The van der Waals surface area contributed by atoms with Crippen molar-refractivity contribution in [3.63, 3.8) is 0 Å². The molecule has 0 saturated carbocycles. The van der Waals surface area contributed by atoms with Crippen molar-refractivity contribution in [3.05, 3.63) is 65.2 Å². The summed E-state index contributed by atoms with van der Waals surface area (Å²) < 4.78 is 0. The standard InChI is InChI=1S/C20H23N3O3/c1-14(2)12-21-20(25)17-6-4-5-7-18(17)23-19(24)16-10-8-15(9-11-16)13-22-26-3/h4-11,13-14H,12H2,1-3H3,(H,21,25)(H,23,24)/b22-13+. The van der Waals surface area contributed by atoms with Crippen molar-refractivity contribution in [1.29, 1.82) is 0 Å². The quantitative estimate of drug-likeness (QED) is 0.592. The van der Waals surface area contributed by atoms with E-state index in [0.717, 1.165) is 5.56 Å². The summed E-state index contributed by atoms with van der Waals surface area (Å²) in [7, 11) is 1.47. The molecule has 0 heterocycles. The van der Waals surface area contributed by atoms with E-state index in [1.807, 2.05) is 13.8 Å². The Kier molecular flexibility index (Phi) is 6.91. The molecule has 0 radical (unpaired) electrons. The van der Waals surface area contributed by atoms with E-state index in [1.54, 1.807) is 54.7 Å². The molecule has 2 aromatic rings. The molecular formula is C20H23N3O3. The number of carbonyl (C=O) groups is 2. The van der Waals surface area contributed by atoms with E-state index in [1.165, 1.54) is 7.11 Å². The normalized spacial score (nSPS) is 10.8. The molecule has 0 spiro atoms. The number of oxime groups is 1. The zero-order chi connectivity index (χ0) is 18.9. The minimum Gasteiger partial charge on any atom is -0.399 e. The molecule has 0 atom stereocenters. The average molecular weight is 353 g/mol. The van der Waals surface area contributed by atoms with Gasteiger partial charge in [0.25, 0.3) is 11.8 Å². The number of benzene rings is 2. The Morgan fingerprint density at radius 2 is 1.77 bits per heavy atom. The van der Waals surface area contributed by atoms with Crippen molar-refractivity contribution >= 4 is 23.7 Å². The number of hydrogen-bond acceptors (Lipinski definition) is 4. The number of anilines is 1. The number of para-hydroxylation sites is 1. The summed E-state index contributed by atoms with van der Waals surface area (Å²) in [4.78, 5) is 29.4. The highest BCUT2D eigenvalue weighted by atomic mass is 16.6. The predicted molar refractivity (Wildman–Crippen MR) is 103 cm³/mol. The largest absolute Gasteiger partial charge is 0.399 e. The van der Waals surface area contributed by atoms with E-state index in [-0.39, 0.29) is 11.8 Å². The highest BCUT2D eigenvalue weighted by Crippen LogP contribution is 2.16. The molecule has 2 aromatic carbocycles. The Morgan fingerprint density at radius 1 is 1.08 bits per heavy atom. The SMILES string of the molecule is CO/N=C/c1ccc(C(=O)Nc2ccccc2C(=O)NCC(C)C)cc1. The second-order valence-corrected chi connectivity index (χ2v) is 6.14. The van der Waals surface area contributed by atoms with Gasteiger partial charge in [-0.25, -0.2) is 0 Å². The van der Waals surface area contributed by atoms with Gasteiger partial charge < -0.3 is 15.5 Å². The van der Waals surface area contributed by atoms with E-state index in [0.29, 0.717) is 29.3 Å². The van der Waals surface area contributed by atoms with Crippen LogP contribution in [0.5, 0.6) is 0 Å². The second kappa shape index (κ2) is 9.36. The maximum atomic E-state index is 12.5. The minimum absolute atomic E-state index is 0.208. The van der Waals surface area contributed by atoms with Crippen molar-refractivity contribution in [1.82, 2.24) is 5.32 Å². The third-order valence-corrected chi connectivity index (χ3v) is 3.57. The molecule has 26 heavy (non-hydrogen) atoms. The zero-order valence-electron chi connectivity index (χ0n) is 15.2. The third kappa shape index (κ3) is 5.44. The number of carbonyl (C=O) groups excluding carboxylic acids is 2. The summed E-state index contributed by atoms with van der Waals surface area (Å²) in [5.74, 6) is -0.147. The van der Waals surface area contributed by atoms with Crippen LogP contribution in [0.25, 0.3) is 0 Å². The number of nitrogens with one attached hydrogen (secondary N) is 2. The van der Waals surface area contributed by atoms with Crippen LogP contribution in [0.2, 0.25) is 0 Å². The Labute approximate surface area is 153 Å². The molecule has 0 fully saturated rings. The lowest BCUT2D eigenvalue weighted by Crippen LogP contribution is -2.28. The van der Waals surface area contributed by atoms with Crippen LogP contribution in [0.1, 0.15) is 40.1 Å². The summed E-state index contributed by atoms with van der Waals surface area (Å²) in [6, 6.07) is 13.8. The fourth-order valence-electron chi connectivity index (χ4n) is 2.21. The van der Waals surface area contributed by atoms with Crippen molar-refractivity contribution in [2.45, 2.75) is 13.8 Å². The van der Waals surface area contributed by atoms with E-state index in [4.69, 9.17) is 0 Å². The van der Waals surface area contributed by atoms with Crippen LogP contribution < -0.4 is 10.6 Å². The van der Waals surface area contributed by atoms with Crippen LogP contribution in [0.3, 0.4) is 0 Å². The molecule has 0 aliphatic heterocycles. The smallest absolute Gasteiger partial charge is 0.255 e. The van der Waals surface area contributed by atoms with Crippen LogP contribution in [0.4, 0.5) is 5.69 Å². The molecular weight excluding hydrogens is 330 g/mol. The zero-order valence-corrected chi connectivity index (χ0v) is 15.2. The molecule has 136 valence electrons. The average Bonchev–Trinajstić information content (AvgIpc) is 2.65. The fraction of sp³-hybridized carbons (Fsp3) is 0.250. The van der Waals surface area contributed by atoms with Gasteiger partial charge in [0.05, 0.1) is 17.5 Å². The molecule has 0 aromatic heterocycles. The van der Waals surface area contributed by atoms with Gasteiger partial charge in [0.15, 0.2) is 0 Å². The molecule has 0 bridgehead atoms. The topological polar surface area (TPSA) is 79.8 Å². The molecule has 0 aliphatic carbocycles. The molecule has 0 unspecified atom stereocenters. The van der Waals surface area contributed by atoms with E-state index in [2.05, 4.69) is 20.6 Å². The number of rotatable bonds is 7. The van der Waals surface area contributed by atoms with Gasteiger partial charge in [0.1, 0.15) is 7.11 Å². The number of nitrogens with zero attached hydrogens (tertiary/aromatic N) is 1. The third-order valence-electron chi connectivity index (χ3n) is 3.57. The maximum absolute atomic E-state index is 12.5. The first kappa shape index (κ1) is 19.2. The lowest BCUT2D eigenvalue weighted by Gasteiger charge is -2.12. The van der Waals surface area contributed by atoms with Gasteiger partial charge in [-0.15, -0.1) is 0 Å². The summed E-state index contributed by atoms with van der Waals surface area (Å²) in [6.45, 7) is 4.62. The van der Waals surface area contributed by atoms with Gasteiger partial charge in [0.2, 0.25) is 0 Å². The monoisotopic (exact) mass is 353 g/mol. The highest BCUT2D eigenvalue weighted by Gasteiger charge is 2.14. The van der Waals surface area contributed by atoms with Gasteiger partial charge in [-0.1, -0.05) is 43.3 Å². The minimum atomic E-state index is -0.288. The molecule has 6 nitrogen and oxygen atoms in total.